The molecule has 1 aromatic rings. The van der Waals surface area contributed by atoms with Crippen molar-refractivity contribution in [3.63, 3.8) is 0 Å². The van der Waals surface area contributed by atoms with Gasteiger partial charge in [-0.15, -0.1) is 0 Å². The standard InChI is InChI=1S/C9H14N2O/c1-5-4-6(2)11-9(12)8(5)7(3)10/h4,7H,10H2,1-3H3,(H,11,12)/t7-/m0/s1. The van der Waals surface area contributed by atoms with E-state index in [9.17, 15) is 4.79 Å². The van der Waals surface area contributed by atoms with E-state index in [1.807, 2.05) is 26.8 Å². The van der Waals surface area contributed by atoms with Crippen LogP contribution in [0.4, 0.5) is 0 Å². The lowest BCUT2D eigenvalue weighted by Crippen LogP contribution is -2.21. The number of aryl methyl sites for hydroxylation is 2. The molecule has 0 bridgehead atoms. The van der Waals surface area contributed by atoms with Crippen molar-refractivity contribution < 1.29 is 0 Å². The predicted molar refractivity (Wildman–Crippen MR) is 49.1 cm³/mol. The summed E-state index contributed by atoms with van der Waals surface area (Å²) < 4.78 is 0. The van der Waals surface area contributed by atoms with E-state index in [-0.39, 0.29) is 11.6 Å². The smallest absolute Gasteiger partial charge is 0.253 e. The van der Waals surface area contributed by atoms with Crippen LogP contribution in [-0.4, -0.2) is 4.98 Å². The Bertz CT molecular complexity index is 339. The molecule has 3 N–H and O–H groups in total. The second kappa shape index (κ2) is 3.11. The first-order valence-corrected chi connectivity index (χ1v) is 3.98. The fourth-order valence-corrected chi connectivity index (χ4v) is 1.43. The molecule has 0 amide bonds. The minimum atomic E-state index is -0.200. The van der Waals surface area contributed by atoms with Gasteiger partial charge in [0.1, 0.15) is 0 Å². The van der Waals surface area contributed by atoms with Crippen molar-refractivity contribution >= 4 is 0 Å². The van der Waals surface area contributed by atoms with E-state index >= 15 is 0 Å². The van der Waals surface area contributed by atoms with Gasteiger partial charge in [-0.1, -0.05) is 0 Å². The van der Waals surface area contributed by atoms with Crippen LogP contribution >= 0.6 is 0 Å². The lowest BCUT2D eigenvalue weighted by Gasteiger charge is -2.08. The molecule has 0 spiro atoms. The van der Waals surface area contributed by atoms with Crippen molar-refractivity contribution in [2.45, 2.75) is 26.8 Å². The minimum absolute atomic E-state index is 0.0671. The van der Waals surface area contributed by atoms with Crippen molar-refractivity contribution in [2.24, 2.45) is 5.73 Å². The van der Waals surface area contributed by atoms with E-state index in [0.29, 0.717) is 5.56 Å². The Labute approximate surface area is 71.6 Å². The first kappa shape index (κ1) is 9.00. The van der Waals surface area contributed by atoms with Gasteiger partial charge in [-0.05, 0) is 32.4 Å². The number of aromatic amines is 1. The van der Waals surface area contributed by atoms with E-state index in [1.54, 1.807) is 0 Å². The molecule has 0 saturated heterocycles. The highest BCUT2D eigenvalue weighted by Gasteiger charge is 2.08. The Balaban J connectivity index is 3.39. The summed E-state index contributed by atoms with van der Waals surface area (Å²) in [5.41, 5.74) is 8.10. The maximum atomic E-state index is 11.4. The van der Waals surface area contributed by atoms with Crippen LogP contribution in [0.1, 0.15) is 29.8 Å². The molecular formula is C9H14N2O. The molecule has 0 saturated carbocycles. The van der Waals surface area contributed by atoms with E-state index in [2.05, 4.69) is 4.98 Å². The van der Waals surface area contributed by atoms with Gasteiger partial charge in [-0.2, -0.15) is 0 Å². The molecule has 1 atom stereocenters. The van der Waals surface area contributed by atoms with Crippen LogP contribution in [0.15, 0.2) is 10.9 Å². The molecule has 0 aliphatic heterocycles. The van der Waals surface area contributed by atoms with Crippen molar-refractivity contribution in [1.29, 1.82) is 0 Å². The molecular weight excluding hydrogens is 152 g/mol. The summed E-state index contributed by atoms with van der Waals surface area (Å²) in [6.07, 6.45) is 0. The Morgan fingerprint density at radius 2 is 2.08 bits per heavy atom. The highest BCUT2D eigenvalue weighted by atomic mass is 16.1. The summed E-state index contributed by atoms with van der Waals surface area (Å²) in [5.74, 6) is 0. The molecule has 0 aromatic carbocycles. The molecule has 3 heteroatoms. The molecule has 0 radical (unpaired) electrons. The summed E-state index contributed by atoms with van der Waals surface area (Å²) in [4.78, 5) is 14.1. The largest absolute Gasteiger partial charge is 0.326 e. The van der Waals surface area contributed by atoms with Gasteiger partial charge >= 0.3 is 0 Å². The average molecular weight is 166 g/mol. The highest BCUT2D eigenvalue weighted by molar-refractivity contribution is 5.27. The lowest BCUT2D eigenvalue weighted by molar-refractivity contribution is 0.788. The summed E-state index contributed by atoms with van der Waals surface area (Å²) >= 11 is 0. The van der Waals surface area contributed by atoms with Gasteiger partial charge in [0.15, 0.2) is 0 Å². The maximum Gasteiger partial charge on any atom is 0.253 e. The second-order valence-corrected chi connectivity index (χ2v) is 3.17. The normalized spacial score (nSPS) is 13.0. The zero-order valence-corrected chi connectivity index (χ0v) is 7.64. The van der Waals surface area contributed by atoms with Gasteiger partial charge in [-0.25, -0.2) is 0 Å². The third kappa shape index (κ3) is 1.56. The quantitative estimate of drug-likeness (QED) is 0.654. The van der Waals surface area contributed by atoms with E-state index in [1.165, 1.54) is 0 Å². The zero-order valence-electron chi connectivity index (χ0n) is 7.64. The topological polar surface area (TPSA) is 58.9 Å². The van der Waals surface area contributed by atoms with Crippen LogP contribution in [0.25, 0.3) is 0 Å². The fourth-order valence-electron chi connectivity index (χ4n) is 1.43. The third-order valence-electron chi connectivity index (χ3n) is 1.87. The van der Waals surface area contributed by atoms with Crippen molar-refractivity contribution in [1.82, 2.24) is 4.98 Å². The Morgan fingerprint density at radius 3 is 2.50 bits per heavy atom. The average Bonchev–Trinajstić information content (AvgIpc) is 1.82. The minimum Gasteiger partial charge on any atom is -0.326 e. The molecule has 12 heavy (non-hydrogen) atoms. The Kier molecular flexibility index (Phi) is 2.33. The van der Waals surface area contributed by atoms with Gasteiger partial charge in [0, 0.05) is 17.3 Å². The van der Waals surface area contributed by atoms with Crippen LogP contribution in [0.2, 0.25) is 0 Å². The fraction of sp³-hybridized carbons (Fsp3) is 0.444. The lowest BCUT2D eigenvalue weighted by atomic mass is 10.1. The van der Waals surface area contributed by atoms with Crippen LogP contribution < -0.4 is 11.3 Å². The molecule has 66 valence electrons. The molecule has 1 heterocycles. The van der Waals surface area contributed by atoms with Crippen LogP contribution in [0.5, 0.6) is 0 Å². The summed E-state index contributed by atoms with van der Waals surface area (Å²) in [6, 6.07) is 1.73. The molecule has 1 rings (SSSR count). The van der Waals surface area contributed by atoms with Crippen LogP contribution in [0, 0.1) is 13.8 Å². The molecule has 0 aliphatic carbocycles. The molecule has 0 unspecified atom stereocenters. The van der Waals surface area contributed by atoms with E-state index in [4.69, 9.17) is 5.73 Å². The van der Waals surface area contributed by atoms with Crippen LogP contribution in [0.3, 0.4) is 0 Å². The molecule has 1 aromatic heterocycles. The van der Waals surface area contributed by atoms with Crippen molar-refractivity contribution in [2.75, 3.05) is 0 Å². The van der Waals surface area contributed by atoms with Crippen molar-refractivity contribution in [3.05, 3.63) is 33.2 Å². The zero-order chi connectivity index (χ0) is 9.30. The molecule has 3 nitrogen and oxygen atoms in total. The monoisotopic (exact) mass is 166 g/mol. The second-order valence-electron chi connectivity index (χ2n) is 3.17. The molecule has 0 aliphatic rings. The third-order valence-corrected chi connectivity index (χ3v) is 1.87. The number of H-pyrrole nitrogens is 1. The van der Waals surface area contributed by atoms with E-state index in [0.717, 1.165) is 11.3 Å². The van der Waals surface area contributed by atoms with E-state index < -0.39 is 0 Å². The number of hydrogen-bond acceptors (Lipinski definition) is 2. The van der Waals surface area contributed by atoms with Gasteiger partial charge in [0.2, 0.25) is 0 Å². The van der Waals surface area contributed by atoms with Gasteiger partial charge < -0.3 is 10.7 Å². The number of hydrogen-bond donors (Lipinski definition) is 2. The first-order chi connectivity index (χ1) is 5.52. The molecule has 0 fully saturated rings. The SMILES string of the molecule is Cc1cc(C)c([C@H](C)N)c(=O)[nH]1. The number of nitrogens with two attached hydrogens (primary N) is 1. The first-order valence-electron chi connectivity index (χ1n) is 3.98. The van der Waals surface area contributed by atoms with Gasteiger partial charge in [0.25, 0.3) is 5.56 Å². The number of rotatable bonds is 1. The Morgan fingerprint density at radius 1 is 1.50 bits per heavy atom. The number of nitrogens with one attached hydrogen (secondary N) is 1. The highest BCUT2D eigenvalue weighted by Crippen LogP contribution is 2.09. The Hall–Kier alpha value is -1.09. The summed E-state index contributed by atoms with van der Waals surface area (Å²) in [6.45, 7) is 5.58. The van der Waals surface area contributed by atoms with Crippen LogP contribution in [-0.2, 0) is 0 Å². The number of aromatic nitrogens is 1. The van der Waals surface area contributed by atoms with Gasteiger partial charge in [0.05, 0.1) is 0 Å². The summed E-state index contributed by atoms with van der Waals surface area (Å²) in [5, 5.41) is 0. The predicted octanol–water partition coefficient (Wildman–Crippen LogP) is 1.01. The maximum absolute atomic E-state index is 11.4. The van der Waals surface area contributed by atoms with Crippen molar-refractivity contribution in [3.8, 4) is 0 Å². The number of pyridine rings is 1. The van der Waals surface area contributed by atoms with Gasteiger partial charge in [-0.3, -0.25) is 4.79 Å². The summed E-state index contributed by atoms with van der Waals surface area (Å²) in [7, 11) is 0.